The van der Waals surface area contributed by atoms with Crippen LogP contribution in [0, 0.1) is 6.92 Å². The van der Waals surface area contributed by atoms with Crippen LogP contribution < -0.4 is 4.74 Å². The molecule has 0 heterocycles. The summed E-state index contributed by atoms with van der Waals surface area (Å²) in [7, 11) is 0. The Morgan fingerprint density at radius 3 is 2.70 bits per heavy atom. The largest absolute Gasteiger partial charge is 0.478 e. The first-order chi connectivity index (χ1) is 9.45. The van der Waals surface area contributed by atoms with Crippen molar-refractivity contribution in [3.63, 3.8) is 0 Å². The molecule has 1 aromatic carbocycles. The fourth-order valence-electron chi connectivity index (χ4n) is 1.61. The maximum atomic E-state index is 11.6. The lowest BCUT2D eigenvalue weighted by Gasteiger charge is -2.17. The predicted octanol–water partition coefficient (Wildman–Crippen LogP) is 2.42. The van der Waals surface area contributed by atoms with Gasteiger partial charge in [-0.3, -0.25) is 0 Å². The van der Waals surface area contributed by atoms with Crippen LogP contribution >= 0.6 is 0 Å². The Kier molecular flexibility index (Phi) is 5.77. The van der Waals surface area contributed by atoms with Crippen molar-refractivity contribution >= 4 is 18.0 Å². The first-order valence-corrected chi connectivity index (χ1v) is 6.29. The molecule has 0 radical (unpaired) electrons. The van der Waals surface area contributed by atoms with Gasteiger partial charge in [0.25, 0.3) is 0 Å². The van der Waals surface area contributed by atoms with E-state index < -0.39 is 18.0 Å². The van der Waals surface area contributed by atoms with Crippen LogP contribution in [0.25, 0.3) is 6.08 Å². The average Bonchev–Trinajstić information content (AvgIpc) is 2.39. The Balaban J connectivity index is 2.98. The van der Waals surface area contributed by atoms with Crippen LogP contribution in [0.15, 0.2) is 24.3 Å². The Morgan fingerprint density at radius 2 is 2.10 bits per heavy atom. The van der Waals surface area contributed by atoms with Gasteiger partial charge in [-0.2, -0.15) is 0 Å². The molecule has 0 spiro atoms. The zero-order valence-corrected chi connectivity index (χ0v) is 11.8. The number of benzene rings is 1. The van der Waals surface area contributed by atoms with Crippen molar-refractivity contribution in [2.75, 3.05) is 6.61 Å². The fourth-order valence-corrected chi connectivity index (χ4v) is 1.61. The summed E-state index contributed by atoms with van der Waals surface area (Å²) in [6.07, 6.45) is 1.70. The summed E-state index contributed by atoms with van der Waals surface area (Å²) < 4.78 is 10.5. The van der Waals surface area contributed by atoms with Gasteiger partial charge in [0.2, 0.25) is 0 Å². The number of ether oxygens (including phenoxy) is 2. The minimum absolute atomic E-state index is 0.284. The number of carbonyl (C=O) groups excluding carboxylic acids is 1. The molecular weight excluding hydrogens is 260 g/mol. The third-order valence-corrected chi connectivity index (χ3v) is 2.56. The van der Waals surface area contributed by atoms with Crippen LogP contribution in [-0.4, -0.2) is 29.8 Å². The summed E-state index contributed by atoms with van der Waals surface area (Å²) in [5, 5.41) is 8.67. The summed E-state index contributed by atoms with van der Waals surface area (Å²) in [4.78, 5) is 22.2. The molecule has 5 nitrogen and oxygen atoms in total. The number of esters is 1. The lowest BCUT2D eigenvalue weighted by atomic mass is 10.1. The Labute approximate surface area is 117 Å². The zero-order chi connectivity index (χ0) is 15.1. The maximum absolute atomic E-state index is 11.6. The molecule has 0 fully saturated rings. The minimum atomic E-state index is -1.05. The number of aryl methyl sites for hydroxylation is 1. The Hall–Kier alpha value is -2.30. The second kappa shape index (κ2) is 7.33. The molecule has 0 aliphatic rings. The van der Waals surface area contributed by atoms with E-state index in [1.807, 2.05) is 13.0 Å². The van der Waals surface area contributed by atoms with Crippen molar-refractivity contribution in [3.8, 4) is 5.75 Å². The summed E-state index contributed by atoms with van der Waals surface area (Å²) in [5.74, 6) is -1.02. The maximum Gasteiger partial charge on any atom is 0.347 e. The Bertz CT molecular complexity index is 519. The molecule has 0 aliphatic carbocycles. The number of carbonyl (C=O) groups is 2. The van der Waals surface area contributed by atoms with E-state index in [4.69, 9.17) is 14.6 Å². The minimum Gasteiger partial charge on any atom is -0.478 e. The van der Waals surface area contributed by atoms with Crippen molar-refractivity contribution in [1.82, 2.24) is 0 Å². The van der Waals surface area contributed by atoms with E-state index in [-0.39, 0.29) is 6.61 Å². The van der Waals surface area contributed by atoms with Gasteiger partial charge in [0.05, 0.1) is 6.61 Å². The van der Waals surface area contributed by atoms with Gasteiger partial charge in [0.1, 0.15) is 5.75 Å². The van der Waals surface area contributed by atoms with E-state index in [2.05, 4.69) is 0 Å². The van der Waals surface area contributed by atoms with Gasteiger partial charge in [-0.25, -0.2) is 9.59 Å². The van der Waals surface area contributed by atoms with Crippen LogP contribution in [0.4, 0.5) is 0 Å². The highest BCUT2D eigenvalue weighted by atomic mass is 16.6. The van der Waals surface area contributed by atoms with Gasteiger partial charge in [-0.1, -0.05) is 18.2 Å². The van der Waals surface area contributed by atoms with Crippen LogP contribution in [-0.2, 0) is 14.3 Å². The van der Waals surface area contributed by atoms with E-state index in [0.717, 1.165) is 11.6 Å². The lowest BCUT2D eigenvalue weighted by molar-refractivity contribution is -0.150. The van der Waals surface area contributed by atoms with Gasteiger partial charge in [-0.15, -0.1) is 0 Å². The molecular formula is C15H18O5. The monoisotopic (exact) mass is 278 g/mol. The summed E-state index contributed by atoms with van der Waals surface area (Å²) >= 11 is 0. The van der Waals surface area contributed by atoms with Crippen LogP contribution in [0.1, 0.15) is 25.0 Å². The number of hydrogen-bond acceptors (Lipinski definition) is 4. The molecule has 0 aliphatic heterocycles. The third-order valence-electron chi connectivity index (χ3n) is 2.56. The molecule has 0 saturated heterocycles. The summed E-state index contributed by atoms with van der Waals surface area (Å²) in [5.41, 5.74) is 1.41. The molecule has 1 rings (SSSR count). The number of carboxylic acids is 1. The van der Waals surface area contributed by atoms with Crippen molar-refractivity contribution < 1.29 is 24.2 Å². The summed E-state index contributed by atoms with van der Waals surface area (Å²) in [6, 6.07) is 5.34. The van der Waals surface area contributed by atoms with Gasteiger partial charge in [-0.05, 0) is 32.4 Å². The van der Waals surface area contributed by atoms with Crippen LogP contribution in [0.3, 0.4) is 0 Å². The first kappa shape index (κ1) is 15.8. The first-order valence-electron chi connectivity index (χ1n) is 6.29. The van der Waals surface area contributed by atoms with Gasteiger partial charge >= 0.3 is 11.9 Å². The second-order valence-electron chi connectivity index (χ2n) is 4.18. The number of hydrogen-bond donors (Lipinski definition) is 1. The number of para-hydroxylation sites is 1. The van der Waals surface area contributed by atoms with Gasteiger partial charge in [0.15, 0.2) is 6.10 Å². The molecule has 1 atom stereocenters. The Morgan fingerprint density at radius 1 is 1.40 bits per heavy atom. The standard InChI is InChI=1S/C15H18O5/c1-4-19-15(18)11(3)20-14-10(2)6-5-7-12(14)8-9-13(16)17/h5-9,11H,4H2,1-3H3,(H,16,17)/b9-8+. The van der Waals surface area contributed by atoms with Gasteiger partial charge < -0.3 is 14.6 Å². The van der Waals surface area contributed by atoms with Crippen molar-refractivity contribution in [1.29, 1.82) is 0 Å². The topological polar surface area (TPSA) is 72.8 Å². The molecule has 5 heteroatoms. The van der Waals surface area contributed by atoms with Crippen molar-refractivity contribution in [3.05, 3.63) is 35.4 Å². The molecule has 0 amide bonds. The van der Waals surface area contributed by atoms with E-state index in [0.29, 0.717) is 11.3 Å². The molecule has 1 N–H and O–H groups in total. The second-order valence-corrected chi connectivity index (χ2v) is 4.18. The molecule has 1 aromatic rings. The summed E-state index contributed by atoms with van der Waals surface area (Å²) in [6.45, 7) is 5.42. The van der Waals surface area contributed by atoms with Crippen molar-refractivity contribution in [2.24, 2.45) is 0 Å². The number of rotatable bonds is 6. The molecule has 0 aromatic heterocycles. The van der Waals surface area contributed by atoms with E-state index >= 15 is 0 Å². The molecule has 20 heavy (non-hydrogen) atoms. The van der Waals surface area contributed by atoms with Crippen LogP contribution in [0.2, 0.25) is 0 Å². The molecule has 108 valence electrons. The van der Waals surface area contributed by atoms with E-state index in [1.165, 1.54) is 6.08 Å². The van der Waals surface area contributed by atoms with Gasteiger partial charge in [0, 0.05) is 11.6 Å². The molecule has 1 unspecified atom stereocenters. The highest BCUT2D eigenvalue weighted by Gasteiger charge is 2.18. The predicted molar refractivity (Wildman–Crippen MR) is 74.6 cm³/mol. The molecule has 0 saturated carbocycles. The molecule has 0 bridgehead atoms. The smallest absolute Gasteiger partial charge is 0.347 e. The number of carboxylic acid groups (broad SMARTS) is 1. The van der Waals surface area contributed by atoms with E-state index in [1.54, 1.807) is 26.0 Å². The van der Waals surface area contributed by atoms with Crippen LogP contribution in [0.5, 0.6) is 5.75 Å². The third kappa shape index (κ3) is 4.42. The van der Waals surface area contributed by atoms with E-state index in [9.17, 15) is 9.59 Å². The highest BCUT2D eigenvalue weighted by Crippen LogP contribution is 2.26. The quantitative estimate of drug-likeness (QED) is 0.639. The van der Waals surface area contributed by atoms with Crippen molar-refractivity contribution in [2.45, 2.75) is 26.9 Å². The highest BCUT2D eigenvalue weighted by molar-refractivity contribution is 5.86. The average molecular weight is 278 g/mol. The lowest BCUT2D eigenvalue weighted by Crippen LogP contribution is -2.26. The number of aliphatic carboxylic acids is 1. The fraction of sp³-hybridized carbons (Fsp3) is 0.333. The SMILES string of the molecule is CCOC(=O)C(C)Oc1c(C)cccc1/C=C/C(=O)O. The normalized spacial score (nSPS) is 12.2. The zero-order valence-electron chi connectivity index (χ0n) is 11.8.